The molecule has 1 atom stereocenters. The highest BCUT2D eigenvalue weighted by atomic mass is 14.9. The highest BCUT2D eigenvalue weighted by Gasteiger charge is 2.04. The van der Waals surface area contributed by atoms with Crippen molar-refractivity contribution < 1.29 is 0 Å². The van der Waals surface area contributed by atoms with Gasteiger partial charge in [-0.15, -0.1) is 0 Å². The Balaban J connectivity index is 2.26. The van der Waals surface area contributed by atoms with E-state index in [1.54, 1.807) is 6.20 Å². The third-order valence-corrected chi connectivity index (χ3v) is 2.86. The Labute approximate surface area is 108 Å². The maximum atomic E-state index is 5.79. The summed E-state index contributed by atoms with van der Waals surface area (Å²) in [6.07, 6.45) is 3.63. The topological polar surface area (TPSA) is 51.8 Å². The van der Waals surface area contributed by atoms with E-state index in [4.69, 9.17) is 5.73 Å². The van der Waals surface area contributed by atoms with Crippen molar-refractivity contribution in [1.82, 2.24) is 9.97 Å². The largest absolute Gasteiger partial charge is 0.328 e. The zero-order chi connectivity index (χ0) is 13.0. The number of nitrogens with two attached hydrogens (primary N) is 1. The van der Waals surface area contributed by atoms with Gasteiger partial charge in [0.15, 0.2) is 5.82 Å². The van der Waals surface area contributed by atoms with Crippen LogP contribution >= 0.6 is 0 Å². The summed E-state index contributed by atoms with van der Waals surface area (Å²) in [6.45, 7) is 4.13. The molecule has 1 unspecified atom stereocenters. The van der Waals surface area contributed by atoms with Crippen LogP contribution in [0.2, 0.25) is 0 Å². The van der Waals surface area contributed by atoms with Crippen LogP contribution in [-0.2, 0) is 12.8 Å². The van der Waals surface area contributed by atoms with E-state index in [9.17, 15) is 0 Å². The molecule has 0 amide bonds. The number of aromatic nitrogens is 2. The molecule has 0 aliphatic carbocycles. The molecule has 0 saturated heterocycles. The van der Waals surface area contributed by atoms with Crippen LogP contribution in [0.4, 0.5) is 0 Å². The standard InChI is InChI=1S/C15H19N3/c1-3-12-4-6-13(7-5-12)15-17-9-8-14(18-15)10-11(2)16/h4-9,11H,3,10,16H2,1-2H3. The van der Waals surface area contributed by atoms with Crippen molar-refractivity contribution in [3.8, 4) is 11.4 Å². The molecule has 0 bridgehead atoms. The summed E-state index contributed by atoms with van der Waals surface area (Å²) in [5.41, 5.74) is 9.16. The van der Waals surface area contributed by atoms with Crippen LogP contribution in [-0.4, -0.2) is 16.0 Å². The molecule has 3 nitrogen and oxygen atoms in total. The SMILES string of the molecule is CCc1ccc(-c2nccc(CC(C)N)n2)cc1. The second kappa shape index (κ2) is 5.74. The van der Waals surface area contributed by atoms with E-state index in [2.05, 4.69) is 41.2 Å². The van der Waals surface area contributed by atoms with Crippen molar-refractivity contribution in [3.05, 3.63) is 47.8 Å². The first-order valence-electron chi connectivity index (χ1n) is 6.36. The van der Waals surface area contributed by atoms with Crippen LogP contribution in [0.3, 0.4) is 0 Å². The third-order valence-electron chi connectivity index (χ3n) is 2.86. The lowest BCUT2D eigenvalue weighted by molar-refractivity contribution is 0.720. The predicted molar refractivity (Wildman–Crippen MR) is 74.2 cm³/mol. The van der Waals surface area contributed by atoms with Crippen molar-refractivity contribution in [2.45, 2.75) is 32.7 Å². The van der Waals surface area contributed by atoms with Crippen molar-refractivity contribution in [3.63, 3.8) is 0 Å². The van der Waals surface area contributed by atoms with Gasteiger partial charge < -0.3 is 5.73 Å². The molecule has 18 heavy (non-hydrogen) atoms. The molecule has 0 saturated carbocycles. The average Bonchev–Trinajstić information content (AvgIpc) is 2.38. The molecule has 2 aromatic rings. The quantitative estimate of drug-likeness (QED) is 0.895. The van der Waals surface area contributed by atoms with Crippen LogP contribution in [0.5, 0.6) is 0 Å². The minimum absolute atomic E-state index is 0.121. The highest BCUT2D eigenvalue weighted by molar-refractivity contribution is 5.55. The Bertz CT molecular complexity index is 503. The van der Waals surface area contributed by atoms with Crippen LogP contribution in [0.25, 0.3) is 11.4 Å². The van der Waals surface area contributed by atoms with Gasteiger partial charge in [-0.3, -0.25) is 0 Å². The zero-order valence-corrected chi connectivity index (χ0v) is 10.9. The van der Waals surface area contributed by atoms with Crippen molar-refractivity contribution >= 4 is 0 Å². The average molecular weight is 241 g/mol. The van der Waals surface area contributed by atoms with Gasteiger partial charge >= 0.3 is 0 Å². The molecule has 0 fully saturated rings. The van der Waals surface area contributed by atoms with E-state index in [0.29, 0.717) is 0 Å². The predicted octanol–water partition coefficient (Wildman–Crippen LogP) is 2.60. The monoisotopic (exact) mass is 241 g/mol. The van der Waals surface area contributed by atoms with Gasteiger partial charge in [-0.2, -0.15) is 0 Å². The Hall–Kier alpha value is -1.74. The first-order chi connectivity index (χ1) is 8.69. The maximum Gasteiger partial charge on any atom is 0.159 e. The fraction of sp³-hybridized carbons (Fsp3) is 0.333. The molecule has 0 aliphatic rings. The summed E-state index contributed by atoms with van der Waals surface area (Å²) < 4.78 is 0. The molecule has 0 aliphatic heterocycles. The molecule has 0 radical (unpaired) electrons. The van der Waals surface area contributed by atoms with E-state index in [1.165, 1.54) is 5.56 Å². The van der Waals surface area contributed by atoms with Crippen LogP contribution in [0.15, 0.2) is 36.5 Å². The molecule has 1 aromatic heterocycles. The first-order valence-corrected chi connectivity index (χ1v) is 6.36. The number of nitrogens with zero attached hydrogens (tertiary/aromatic N) is 2. The van der Waals surface area contributed by atoms with E-state index in [1.807, 2.05) is 13.0 Å². The van der Waals surface area contributed by atoms with Gasteiger partial charge in [0.1, 0.15) is 0 Å². The van der Waals surface area contributed by atoms with Crippen LogP contribution in [0.1, 0.15) is 25.1 Å². The molecule has 2 rings (SSSR count). The summed E-state index contributed by atoms with van der Waals surface area (Å²) >= 11 is 0. The number of aryl methyl sites for hydroxylation is 1. The van der Waals surface area contributed by atoms with Gasteiger partial charge in [0.2, 0.25) is 0 Å². The van der Waals surface area contributed by atoms with Crippen molar-refractivity contribution in [2.24, 2.45) is 5.73 Å². The molecule has 1 aromatic carbocycles. The number of benzene rings is 1. The van der Waals surface area contributed by atoms with E-state index in [-0.39, 0.29) is 6.04 Å². The molecular weight excluding hydrogens is 222 g/mol. The lowest BCUT2D eigenvalue weighted by Crippen LogP contribution is -2.18. The van der Waals surface area contributed by atoms with E-state index in [0.717, 1.165) is 29.9 Å². The third kappa shape index (κ3) is 3.14. The minimum atomic E-state index is 0.121. The Morgan fingerprint density at radius 2 is 1.89 bits per heavy atom. The second-order valence-corrected chi connectivity index (χ2v) is 4.60. The summed E-state index contributed by atoms with van der Waals surface area (Å²) in [5, 5.41) is 0. The number of hydrogen-bond donors (Lipinski definition) is 1. The summed E-state index contributed by atoms with van der Waals surface area (Å²) in [6, 6.07) is 10.4. The zero-order valence-electron chi connectivity index (χ0n) is 10.9. The Morgan fingerprint density at radius 3 is 2.50 bits per heavy atom. The summed E-state index contributed by atoms with van der Waals surface area (Å²) in [4.78, 5) is 8.87. The highest BCUT2D eigenvalue weighted by Crippen LogP contribution is 2.16. The molecular formula is C15H19N3. The van der Waals surface area contributed by atoms with Gasteiger partial charge in [-0.1, -0.05) is 31.2 Å². The smallest absolute Gasteiger partial charge is 0.159 e. The summed E-state index contributed by atoms with van der Waals surface area (Å²) in [5.74, 6) is 0.774. The fourth-order valence-corrected chi connectivity index (χ4v) is 1.87. The lowest BCUT2D eigenvalue weighted by Gasteiger charge is -2.06. The molecule has 1 heterocycles. The number of hydrogen-bond acceptors (Lipinski definition) is 3. The van der Waals surface area contributed by atoms with E-state index >= 15 is 0 Å². The summed E-state index contributed by atoms with van der Waals surface area (Å²) in [7, 11) is 0. The fourth-order valence-electron chi connectivity index (χ4n) is 1.87. The molecule has 0 spiro atoms. The minimum Gasteiger partial charge on any atom is -0.328 e. The second-order valence-electron chi connectivity index (χ2n) is 4.60. The van der Waals surface area contributed by atoms with Gasteiger partial charge in [0.25, 0.3) is 0 Å². The lowest BCUT2D eigenvalue weighted by atomic mass is 10.1. The maximum absolute atomic E-state index is 5.79. The van der Waals surface area contributed by atoms with Gasteiger partial charge in [0.05, 0.1) is 0 Å². The first kappa shape index (κ1) is 12.7. The molecule has 3 heteroatoms. The van der Waals surface area contributed by atoms with Gasteiger partial charge in [-0.05, 0) is 25.0 Å². The molecule has 94 valence electrons. The van der Waals surface area contributed by atoms with Crippen molar-refractivity contribution in [1.29, 1.82) is 0 Å². The van der Waals surface area contributed by atoms with Gasteiger partial charge in [0, 0.05) is 29.9 Å². The van der Waals surface area contributed by atoms with Crippen molar-refractivity contribution in [2.75, 3.05) is 0 Å². The molecule has 2 N–H and O–H groups in total. The normalized spacial score (nSPS) is 12.4. The van der Waals surface area contributed by atoms with Crippen LogP contribution < -0.4 is 5.73 Å². The Morgan fingerprint density at radius 1 is 1.17 bits per heavy atom. The van der Waals surface area contributed by atoms with E-state index < -0.39 is 0 Å². The van der Waals surface area contributed by atoms with Gasteiger partial charge in [-0.25, -0.2) is 9.97 Å². The Kier molecular flexibility index (Phi) is 4.05. The number of rotatable bonds is 4. The van der Waals surface area contributed by atoms with Crippen LogP contribution in [0, 0.1) is 0 Å².